The standard InChI is InChI=1S/C12H15N5O4/c13-15-9-4-1-3-8(11(9)17(20)21)12(19)16-6-2-5-14-10(18)7-16/h1,3-4,15H,2,5-7,13H2,(H,14,18). The van der Waals surface area contributed by atoms with E-state index in [0.717, 1.165) is 0 Å². The number of anilines is 1. The van der Waals surface area contributed by atoms with E-state index in [1.807, 2.05) is 0 Å². The largest absolute Gasteiger partial charge is 0.354 e. The molecule has 0 saturated carbocycles. The number of nitrogen functional groups attached to an aromatic ring is 1. The molecular formula is C12H15N5O4. The number of hydrogen-bond acceptors (Lipinski definition) is 6. The van der Waals surface area contributed by atoms with Gasteiger partial charge in [-0.15, -0.1) is 0 Å². The lowest BCUT2D eigenvalue weighted by atomic mass is 10.1. The van der Waals surface area contributed by atoms with Crippen LogP contribution in [0.4, 0.5) is 11.4 Å². The predicted molar refractivity (Wildman–Crippen MR) is 74.4 cm³/mol. The van der Waals surface area contributed by atoms with Crippen LogP contribution < -0.4 is 16.6 Å². The van der Waals surface area contributed by atoms with Gasteiger partial charge in [-0.05, 0) is 18.6 Å². The lowest BCUT2D eigenvalue weighted by molar-refractivity contribution is -0.384. The van der Waals surface area contributed by atoms with Gasteiger partial charge in [0.25, 0.3) is 5.91 Å². The maximum atomic E-state index is 12.5. The Morgan fingerprint density at radius 3 is 2.90 bits per heavy atom. The molecule has 21 heavy (non-hydrogen) atoms. The molecule has 0 unspecified atom stereocenters. The van der Waals surface area contributed by atoms with Gasteiger partial charge in [0.15, 0.2) is 0 Å². The Kier molecular flexibility index (Phi) is 4.33. The van der Waals surface area contributed by atoms with Gasteiger partial charge in [-0.1, -0.05) is 6.07 Å². The molecule has 0 radical (unpaired) electrons. The van der Waals surface area contributed by atoms with Gasteiger partial charge < -0.3 is 15.6 Å². The molecule has 1 aliphatic heterocycles. The van der Waals surface area contributed by atoms with Gasteiger partial charge in [0.1, 0.15) is 11.3 Å². The summed E-state index contributed by atoms with van der Waals surface area (Å²) in [5.74, 6) is 4.40. The number of rotatable bonds is 3. The molecular weight excluding hydrogens is 278 g/mol. The number of amides is 2. The van der Waals surface area contributed by atoms with Gasteiger partial charge in [-0.3, -0.25) is 25.5 Å². The number of nitrogens with one attached hydrogen (secondary N) is 2. The van der Waals surface area contributed by atoms with E-state index in [-0.39, 0.29) is 23.7 Å². The van der Waals surface area contributed by atoms with Crippen molar-refractivity contribution in [1.82, 2.24) is 10.2 Å². The Morgan fingerprint density at radius 1 is 1.48 bits per heavy atom. The van der Waals surface area contributed by atoms with E-state index >= 15 is 0 Å². The van der Waals surface area contributed by atoms with Crippen LogP contribution in [0.5, 0.6) is 0 Å². The minimum Gasteiger partial charge on any atom is -0.354 e. The molecule has 0 aromatic heterocycles. The van der Waals surface area contributed by atoms with Crippen LogP contribution in [-0.4, -0.2) is 41.3 Å². The normalized spacial score (nSPS) is 15.1. The fourth-order valence-electron chi connectivity index (χ4n) is 2.18. The fourth-order valence-corrected chi connectivity index (χ4v) is 2.18. The zero-order chi connectivity index (χ0) is 15.4. The number of para-hydroxylation sites is 1. The molecule has 0 spiro atoms. The molecule has 1 fully saturated rings. The van der Waals surface area contributed by atoms with Crippen LogP contribution in [0.25, 0.3) is 0 Å². The summed E-state index contributed by atoms with van der Waals surface area (Å²) in [6, 6.07) is 4.25. The molecule has 1 saturated heterocycles. The van der Waals surface area contributed by atoms with Crippen molar-refractivity contribution >= 4 is 23.2 Å². The monoisotopic (exact) mass is 293 g/mol. The van der Waals surface area contributed by atoms with Gasteiger partial charge in [-0.2, -0.15) is 0 Å². The van der Waals surface area contributed by atoms with E-state index in [9.17, 15) is 19.7 Å². The number of hydrogen-bond donors (Lipinski definition) is 3. The summed E-state index contributed by atoms with van der Waals surface area (Å²) in [5.41, 5.74) is 1.76. The lowest BCUT2D eigenvalue weighted by Gasteiger charge is -2.19. The van der Waals surface area contributed by atoms with Crippen molar-refractivity contribution in [3.05, 3.63) is 33.9 Å². The Labute approximate surface area is 120 Å². The van der Waals surface area contributed by atoms with Crippen molar-refractivity contribution in [3.8, 4) is 0 Å². The Balaban J connectivity index is 2.38. The van der Waals surface area contributed by atoms with Crippen LogP contribution >= 0.6 is 0 Å². The molecule has 112 valence electrons. The van der Waals surface area contributed by atoms with E-state index in [1.165, 1.54) is 23.1 Å². The lowest BCUT2D eigenvalue weighted by Crippen LogP contribution is -2.37. The van der Waals surface area contributed by atoms with Crippen LogP contribution in [0.2, 0.25) is 0 Å². The molecule has 2 amide bonds. The molecule has 1 heterocycles. The third-order valence-corrected chi connectivity index (χ3v) is 3.15. The first-order valence-electron chi connectivity index (χ1n) is 6.34. The minimum atomic E-state index is -0.666. The second-order valence-corrected chi connectivity index (χ2v) is 4.53. The average Bonchev–Trinajstić information content (AvgIpc) is 2.70. The maximum absolute atomic E-state index is 12.5. The molecule has 0 bridgehead atoms. The number of nitrogens with two attached hydrogens (primary N) is 1. The highest BCUT2D eigenvalue weighted by atomic mass is 16.6. The summed E-state index contributed by atoms with van der Waals surface area (Å²) in [6.07, 6.45) is 0.597. The van der Waals surface area contributed by atoms with Crippen LogP contribution in [0, 0.1) is 10.1 Å². The number of nitro groups is 1. The smallest absolute Gasteiger partial charge is 0.306 e. The summed E-state index contributed by atoms with van der Waals surface area (Å²) in [5, 5.41) is 13.8. The topological polar surface area (TPSA) is 131 Å². The number of nitrogens with zero attached hydrogens (tertiary/aromatic N) is 2. The van der Waals surface area contributed by atoms with E-state index < -0.39 is 16.5 Å². The van der Waals surface area contributed by atoms with E-state index in [1.54, 1.807) is 0 Å². The SMILES string of the molecule is NNc1cccc(C(=O)N2CCCNC(=O)C2)c1[N+](=O)[O-]. The molecule has 2 rings (SSSR count). The third kappa shape index (κ3) is 3.08. The van der Waals surface area contributed by atoms with Gasteiger partial charge in [-0.25, -0.2) is 0 Å². The van der Waals surface area contributed by atoms with Crippen LogP contribution in [-0.2, 0) is 4.79 Å². The summed E-state index contributed by atoms with van der Waals surface area (Å²) >= 11 is 0. The van der Waals surface area contributed by atoms with Crippen molar-refractivity contribution in [2.45, 2.75) is 6.42 Å². The maximum Gasteiger partial charge on any atom is 0.306 e. The number of carbonyl (C=O) groups excluding carboxylic acids is 2. The number of nitro benzene ring substituents is 1. The number of benzene rings is 1. The molecule has 9 heteroatoms. The molecule has 0 aliphatic carbocycles. The zero-order valence-corrected chi connectivity index (χ0v) is 11.2. The van der Waals surface area contributed by atoms with Crippen LogP contribution in [0.1, 0.15) is 16.8 Å². The first-order valence-corrected chi connectivity index (χ1v) is 6.34. The van der Waals surface area contributed by atoms with E-state index in [4.69, 9.17) is 5.84 Å². The fraction of sp³-hybridized carbons (Fsp3) is 0.333. The highest BCUT2D eigenvalue weighted by molar-refractivity contribution is 6.02. The molecule has 1 aromatic rings. The predicted octanol–water partition coefficient (Wildman–Crippen LogP) is -0.157. The van der Waals surface area contributed by atoms with Crippen molar-refractivity contribution in [2.75, 3.05) is 25.1 Å². The molecule has 0 atom stereocenters. The van der Waals surface area contributed by atoms with Gasteiger partial charge in [0, 0.05) is 13.1 Å². The van der Waals surface area contributed by atoms with E-state index in [2.05, 4.69) is 10.7 Å². The molecule has 1 aromatic carbocycles. The summed E-state index contributed by atoms with van der Waals surface area (Å²) in [4.78, 5) is 35.8. The second-order valence-electron chi connectivity index (χ2n) is 4.53. The molecule has 9 nitrogen and oxygen atoms in total. The van der Waals surface area contributed by atoms with Crippen molar-refractivity contribution in [2.24, 2.45) is 5.84 Å². The third-order valence-electron chi connectivity index (χ3n) is 3.15. The van der Waals surface area contributed by atoms with Crippen molar-refractivity contribution in [1.29, 1.82) is 0 Å². The first-order chi connectivity index (χ1) is 10.0. The van der Waals surface area contributed by atoms with E-state index in [0.29, 0.717) is 19.5 Å². The summed E-state index contributed by atoms with van der Waals surface area (Å²) in [7, 11) is 0. The Bertz CT molecular complexity index is 589. The zero-order valence-electron chi connectivity index (χ0n) is 11.2. The highest BCUT2D eigenvalue weighted by Gasteiger charge is 2.29. The average molecular weight is 293 g/mol. The molecule has 1 aliphatic rings. The van der Waals surface area contributed by atoms with Gasteiger partial charge in [0.2, 0.25) is 5.91 Å². The van der Waals surface area contributed by atoms with Crippen LogP contribution in [0.3, 0.4) is 0 Å². The Hall–Kier alpha value is -2.68. The number of carbonyl (C=O) groups is 2. The van der Waals surface area contributed by atoms with Crippen molar-refractivity contribution in [3.63, 3.8) is 0 Å². The minimum absolute atomic E-state index is 0.0464. The number of hydrazine groups is 1. The van der Waals surface area contributed by atoms with Crippen molar-refractivity contribution < 1.29 is 14.5 Å². The highest BCUT2D eigenvalue weighted by Crippen LogP contribution is 2.29. The van der Waals surface area contributed by atoms with Gasteiger partial charge in [0.05, 0.1) is 11.5 Å². The summed E-state index contributed by atoms with van der Waals surface area (Å²) < 4.78 is 0. The van der Waals surface area contributed by atoms with Crippen LogP contribution in [0.15, 0.2) is 18.2 Å². The van der Waals surface area contributed by atoms with Gasteiger partial charge >= 0.3 is 5.69 Å². The summed E-state index contributed by atoms with van der Waals surface area (Å²) in [6.45, 7) is 0.723. The second kappa shape index (κ2) is 6.18. The first kappa shape index (κ1) is 14.7. The Morgan fingerprint density at radius 2 is 2.24 bits per heavy atom. The molecule has 4 N–H and O–H groups in total. The quantitative estimate of drug-likeness (QED) is 0.403.